The molecule has 0 aromatic rings. The molecular weight excluding hydrogens is 168 g/mol. The van der Waals surface area contributed by atoms with Gasteiger partial charge < -0.3 is 9.64 Å². The Hall–Kier alpha value is -0.710. The fraction of sp³-hybridized carbons (Fsp3) is 0.857. The lowest BCUT2D eigenvalue weighted by molar-refractivity contribution is -0.158. The SMILES string of the molecule is CC(F)(F)C(=O)N1CCOCC1. The van der Waals surface area contributed by atoms with E-state index in [0.29, 0.717) is 20.1 Å². The van der Waals surface area contributed by atoms with Gasteiger partial charge in [0.05, 0.1) is 13.2 Å². The van der Waals surface area contributed by atoms with Crippen LogP contribution < -0.4 is 0 Å². The highest BCUT2D eigenvalue weighted by Gasteiger charge is 2.36. The summed E-state index contributed by atoms with van der Waals surface area (Å²) in [7, 11) is 0. The molecule has 3 nitrogen and oxygen atoms in total. The Morgan fingerprint density at radius 1 is 1.42 bits per heavy atom. The van der Waals surface area contributed by atoms with Crippen LogP contribution in [0, 0.1) is 0 Å². The maximum absolute atomic E-state index is 12.5. The first kappa shape index (κ1) is 9.38. The lowest BCUT2D eigenvalue weighted by Crippen LogP contribution is -2.47. The summed E-state index contributed by atoms with van der Waals surface area (Å²) >= 11 is 0. The van der Waals surface area contributed by atoms with E-state index in [1.54, 1.807) is 0 Å². The molecule has 5 heteroatoms. The molecule has 0 aliphatic carbocycles. The van der Waals surface area contributed by atoms with Crippen LogP contribution >= 0.6 is 0 Å². The van der Waals surface area contributed by atoms with Crippen LogP contribution in [0.1, 0.15) is 6.92 Å². The first-order valence-corrected chi connectivity index (χ1v) is 3.77. The zero-order valence-corrected chi connectivity index (χ0v) is 6.85. The fourth-order valence-electron chi connectivity index (χ4n) is 1.04. The van der Waals surface area contributed by atoms with Crippen molar-refractivity contribution in [1.82, 2.24) is 4.90 Å². The van der Waals surface area contributed by atoms with E-state index in [0.717, 1.165) is 4.90 Å². The van der Waals surface area contributed by atoms with Crippen molar-refractivity contribution in [2.75, 3.05) is 26.3 Å². The quantitative estimate of drug-likeness (QED) is 0.586. The maximum atomic E-state index is 12.5. The normalized spacial score (nSPS) is 19.4. The maximum Gasteiger partial charge on any atom is 0.322 e. The molecule has 1 rings (SSSR count). The van der Waals surface area contributed by atoms with Gasteiger partial charge >= 0.3 is 5.92 Å². The lowest BCUT2D eigenvalue weighted by Gasteiger charge is -2.28. The highest BCUT2D eigenvalue weighted by Crippen LogP contribution is 2.16. The van der Waals surface area contributed by atoms with E-state index < -0.39 is 11.8 Å². The van der Waals surface area contributed by atoms with Crippen LogP contribution in [0.2, 0.25) is 0 Å². The van der Waals surface area contributed by atoms with Crippen LogP contribution in [-0.4, -0.2) is 43.0 Å². The molecule has 0 aromatic carbocycles. The number of amides is 1. The molecule has 1 amide bonds. The second-order valence-electron chi connectivity index (χ2n) is 2.79. The Bertz CT molecular complexity index is 173. The number of alkyl halides is 2. The van der Waals surface area contributed by atoms with E-state index in [1.807, 2.05) is 0 Å². The minimum Gasteiger partial charge on any atom is -0.378 e. The predicted molar refractivity (Wildman–Crippen MR) is 38.0 cm³/mol. The van der Waals surface area contributed by atoms with Crippen molar-refractivity contribution in [2.24, 2.45) is 0 Å². The molecule has 1 fully saturated rings. The number of hydrogen-bond donors (Lipinski definition) is 0. The van der Waals surface area contributed by atoms with Crippen molar-refractivity contribution in [2.45, 2.75) is 12.8 Å². The topological polar surface area (TPSA) is 29.5 Å². The molecule has 1 aliphatic heterocycles. The smallest absolute Gasteiger partial charge is 0.322 e. The van der Waals surface area contributed by atoms with Crippen molar-refractivity contribution in [3.63, 3.8) is 0 Å². The lowest BCUT2D eigenvalue weighted by atomic mass is 10.3. The zero-order valence-electron chi connectivity index (χ0n) is 6.85. The van der Waals surface area contributed by atoms with Gasteiger partial charge in [0.25, 0.3) is 5.91 Å². The van der Waals surface area contributed by atoms with Crippen molar-refractivity contribution in [3.8, 4) is 0 Å². The van der Waals surface area contributed by atoms with Crippen LogP contribution in [-0.2, 0) is 9.53 Å². The Kier molecular flexibility index (Phi) is 2.62. The Morgan fingerprint density at radius 2 is 1.92 bits per heavy atom. The molecule has 0 saturated carbocycles. The van der Waals surface area contributed by atoms with Crippen molar-refractivity contribution < 1.29 is 18.3 Å². The number of hydrogen-bond acceptors (Lipinski definition) is 2. The average Bonchev–Trinajstić information content (AvgIpc) is 2.03. The second-order valence-corrected chi connectivity index (χ2v) is 2.79. The highest BCUT2D eigenvalue weighted by atomic mass is 19.3. The van der Waals surface area contributed by atoms with Crippen LogP contribution in [0.4, 0.5) is 8.78 Å². The Balaban J connectivity index is 2.51. The molecule has 1 saturated heterocycles. The van der Waals surface area contributed by atoms with E-state index in [-0.39, 0.29) is 13.1 Å². The van der Waals surface area contributed by atoms with Gasteiger partial charge in [-0.1, -0.05) is 0 Å². The van der Waals surface area contributed by atoms with Gasteiger partial charge in [-0.3, -0.25) is 4.79 Å². The number of ether oxygens (including phenoxy) is 1. The molecule has 0 unspecified atom stereocenters. The minimum atomic E-state index is -3.25. The van der Waals surface area contributed by atoms with Crippen LogP contribution in [0.5, 0.6) is 0 Å². The molecule has 0 N–H and O–H groups in total. The summed E-state index contributed by atoms with van der Waals surface area (Å²) < 4.78 is 29.9. The Morgan fingerprint density at radius 3 is 2.33 bits per heavy atom. The van der Waals surface area contributed by atoms with Crippen molar-refractivity contribution in [3.05, 3.63) is 0 Å². The van der Waals surface area contributed by atoms with Crippen LogP contribution in [0.15, 0.2) is 0 Å². The minimum absolute atomic E-state index is 0.266. The molecular formula is C7H11F2NO2. The standard InChI is InChI=1S/C7H11F2NO2/c1-7(8,9)6(11)10-2-4-12-5-3-10/h2-5H2,1H3. The van der Waals surface area contributed by atoms with Crippen LogP contribution in [0.25, 0.3) is 0 Å². The second kappa shape index (κ2) is 3.35. The van der Waals surface area contributed by atoms with Crippen molar-refractivity contribution in [1.29, 1.82) is 0 Å². The van der Waals surface area contributed by atoms with Gasteiger partial charge in [0, 0.05) is 20.0 Å². The Labute approximate surface area is 69.3 Å². The van der Waals surface area contributed by atoms with Gasteiger partial charge in [0.1, 0.15) is 0 Å². The van der Waals surface area contributed by atoms with E-state index in [4.69, 9.17) is 4.74 Å². The van der Waals surface area contributed by atoms with E-state index in [1.165, 1.54) is 0 Å². The molecule has 0 radical (unpaired) electrons. The summed E-state index contributed by atoms with van der Waals surface area (Å²) in [5, 5.41) is 0. The molecule has 0 spiro atoms. The van der Waals surface area contributed by atoms with E-state index >= 15 is 0 Å². The largest absolute Gasteiger partial charge is 0.378 e. The number of carbonyl (C=O) groups is 1. The van der Waals surface area contributed by atoms with Gasteiger partial charge in [0.15, 0.2) is 0 Å². The first-order valence-electron chi connectivity index (χ1n) is 3.77. The average molecular weight is 179 g/mol. The molecule has 0 atom stereocenters. The summed E-state index contributed by atoms with van der Waals surface area (Å²) in [6.07, 6.45) is 0. The summed E-state index contributed by atoms with van der Waals surface area (Å²) in [4.78, 5) is 12.1. The van der Waals surface area contributed by atoms with Gasteiger partial charge in [0.2, 0.25) is 0 Å². The van der Waals surface area contributed by atoms with Gasteiger partial charge in [-0.25, -0.2) is 0 Å². The summed E-state index contributed by atoms with van der Waals surface area (Å²) in [6.45, 7) is 1.85. The third kappa shape index (κ3) is 2.14. The van der Waals surface area contributed by atoms with E-state index in [9.17, 15) is 13.6 Å². The molecule has 12 heavy (non-hydrogen) atoms. The fourth-order valence-corrected chi connectivity index (χ4v) is 1.04. The van der Waals surface area contributed by atoms with Gasteiger partial charge in [-0.15, -0.1) is 0 Å². The van der Waals surface area contributed by atoms with Crippen LogP contribution in [0.3, 0.4) is 0 Å². The predicted octanol–water partition coefficient (Wildman–Crippen LogP) is 0.500. The first-order chi connectivity index (χ1) is 5.52. The summed E-state index contributed by atoms with van der Waals surface area (Å²) in [5.74, 6) is -4.36. The zero-order chi connectivity index (χ0) is 9.19. The summed E-state index contributed by atoms with van der Waals surface area (Å²) in [5.41, 5.74) is 0. The number of rotatable bonds is 1. The number of morpholine rings is 1. The number of carbonyl (C=O) groups excluding carboxylic acids is 1. The monoisotopic (exact) mass is 179 g/mol. The van der Waals surface area contributed by atoms with E-state index in [2.05, 4.69) is 0 Å². The molecule has 70 valence electrons. The van der Waals surface area contributed by atoms with Gasteiger partial charge in [-0.2, -0.15) is 8.78 Å². The summed E-state index contributed by atoms with van der Waals surface area (Å²) in [6, 6.07) is 0. The molecule has 0 aromatic heterocycles. The molecule has 1 aliphatic rings. The molecule has 1 heterocycles. The third-order valence-electron chi connectivity index (χ3n) is 1.67. The van der Waals surface area contributed by atoms with Crippen molar-refractivity contribution >= 4 is 5.91 Å². The third-order valence-corrected chi connectivity index (χ3v) is 1.67. The highest BCUT2D eigenvalue weighted by molar-refractivity contribution is 5.83. The number of halogens is 2. The molecule has 0 bridgehead atoms. The number of nitrogens with zero attached hydrogens (tertiary/aromatic N) is 1. The van der Waals surface area contributed by atoms with Gasteiger partial charge in [-0.05, 0) is 0 Å².